The summed E-state index contributed by atoms with van der Waals surface area (Å²) in [5.74, 6) is -1.94. The van der Waals surface area contributed by atoms with E-state index in [9.17, 15) is 19.2 Å². The number of benzene rings is 1. The molecule has 0 fully saturated rings. The van der Waals surface area contributed by atoms with Crippen LogP contribution in [0.15, 0.2) is 24.3 Å². The number of hydrogen-bond donors (Lipinski definition) is 2. The third-order valence-electron chi connectivity index (χ3n) is 5.87. The predicted octanol–water partition coefficient (Wildman–Crippen LogP) is 3.25. The third-order valence-corrected chi connectivity index (χ3v) is 7.07. The van der Waals surface area contributed by atoms with Crippen LogP contribution in [0.5, 0.6) is 0 Å². The standard InChI is InChI=1S/C23H25N3O4S/c1-12(2)18(26-22(29)13-8-4-5-9-14(13)23(26)30)20(28)25-21-17(19(27)24-3)15-10-6-7-11-16(15)31-21/h4-5,8-9,12,18H,6-7,10-11H2,1-3H3,(H,24,27)(H,25,28)/t18-/m1/s1. The van der Waals surface area contributed by atoms with Crippen molar-refractivity contribution in [2.75, 3.05) is 12.4 Å². The molecule has 0 unspecified atom stereocenters. The molecular formula is C23H25N3O4S. The Morgan fingerprint density at radius 2 is 1.65 bits per heavy atom. The van der Waals surface area contributed by atoms with Crippen molar-refractivity contribution in [2.24, 2.45) is 5.92 Å². The Morgan fingerprint density at radius 3 is 2.23 bits per heavy atom. The number of hydrogen-bond acceptors (Lipinski definition) is 5. The first-order valence-corrected chi connectivity index (χ1v) is 11.3. The number of carbonyl (C=O) groups excluding carboxylic acids is 4. The molecule has 7 nitrogen and oxygen atoms in total. The van der Waals surface area contributed by atoms with Crippen LogP contribution in [0, 0.1) is 5.92 Å². The molecule has 2 aromatic rings. The van der Waals surface area contributed by atoms with Crippen molar-refractivity contribution in [1.29, 1.82) is 0 Å². The fourth-order valence-corrected chi connectivity index (χ4v) is 5.67. The monoisotopic (exact) mass is 439 g/mol. The van der Waals surface area contributed by atoms with E-state index >= 15 is 0 Å². The average molecular weight is 440 g/mol. The van der Waals surface area contributed by atoms with Gasteiger partial charge >= 0.3 is 0 Å². The minimum absolute atomic E-state index is 0.239. The zero-order chi connectivity index (χ0) is 22.3. The molecule has 0 saturated heterocycles. The van der Waals surface area contributed by atoms with Gasteiger partial charge in [-0.25, -0.2) is 0 Å². The van der Waals surface area contributed by atoms with E-state index in [1.165, 1.54) is 11.3 Å². The summed E-state index contributed by atoms with van der Waals surface area (Å²) in [6, 6.07) is 5.61. The number of carbonyl (C=O) groups is 4. The number of rotatable bonds is 5. The second kappa shape index (κ2) is 8.26. The van der Waals surface area contributed by atoms with Gasteiger partial charge in [-0.1, -0.05) is 26.0 Å². The summed E-state index contributed by atoms with van der Waals surface area (Å²) in [6.45, 7) is 3.60. The summed E-state index contributed by atoms with van der Waals surface area (Å²) in [5.41, 5.74) is 2.11. The number of anilines is 1. The van der Waals surface area contributed by atoms with Gasteiger partial charge in [0.25, 0.3) is 17.7 Å². The maximum absolute atomic E-state index is 13.4. The highest BCUT2D eigenvalue weighted by atomic mass is 32.1. The van der Waals surface area contributed by atoms with Gasteiger partial charge in [0, 0.05) is 11.9 Å². The Hall–Kier alpha value is -3.00. The summed E-state index contributed by atoms with van der Waals surface area (Å²) in [6.07, 6.45) is 3.74. The lowest BCUT2D eigenvalue weighted by atomic mass is 9.95. The molecule has 1 atom stereocenters. The molecule has 2 aliphatic rings. The maximum Gasteiger partial charge on any atom is 0.262 e. The van der Waals surface area contributed by atoms with E-state index in [0.717, 1.165) is 41.0 Å². The van der Waals surface area contributed by atoms with Gasteiger partial charge in [-0.05, 0) is 49.3 Å². The molecule has 0 bridgehead atoms. The Balaban J connectivity index is 1.67. The van der Waals surface area contributed by atoms with E-state index in [0.29, 0.717) is 21.7 Å². The molecule has 2 N–H and O–H groups in total. The van der Waals surface area contributed by atoms with Crippen molar-refractivity contribution >= 4 is 40.0 Å². The number of thiophene rings is 1. The van der Waals surface area contributed by atoms with Gasteiger partial charge in [-0.3, -0.25) is 24.1 Å². The quantitative estimate of drug-likeness (QED) is 0.699. The van der Waals surface area contributed by atoms with Crippen molar-refractivity contribution < 1.29 is 19.2 Å². The van der Waals surface area contributed by atoms with E-state index in [1.807, 2.05) is 0 Å². The van der Waals surface area contributed by atoms with Crippen LogP contribution < -0.4 is 10.6 Å². The van der Waals surface area contributed by atoms with E-state index in [4.69, 9.17) is 0 Å². The van der Waals surface area contributed by atoms with Crippen LogP contribution in [-0.2, 0) is 17.6 Å². The molecule has 1 aromatic heterocycles. The fourth-order valence-electron chi connectivity index (χ4n) is 4.38. The SMILES string of the molecule is CNC(=O)c1c(NC(=O)[C@@H](C(C)C)N2C(=O)c3ccccc3C2=O)sc2c1CCCC2. The minimum Gasteiger partial charge on any atom is -0.355 e. The number of fused-ring (bicyclic) bond motifs is 2. The minimum atomic E-state index is -0.982. The molecule has 8 heteroatoms. The molecule has 2 heterocycles. The van der Waals surface area contributed by atoms with E-state index in [2.05, 4.69) is 10.6 Å². The summed E-state index contributed by atoms with van der Waals surface area (Å²) < 4.78 is 0. The largest absolute Gasteiger partial charge is 0.355 e. The number of aryl methyl sites for hydroxylation is 1. The van der Waals surface area contributed by atoms with Gasteiger partial charge in [0.15, 0.2) is 0 Å². The number of nitrogens with one attached hydrogen (secondary N) is 2. The number of amides is 4. The fraction of sp³-hybridized carbons (Fsp3) is 0.391. The van der Waals surface area contributed by atoms with Crippen molar-refractivity contribution in [3.05, 3.63) is 51.4 Å². The summed E-state index contributed by atoms with van der Waals surface area (Å²) in [4.78, 5) is 54.0. The Kier molecular flexibility index (Phi) is 5.66. The zero-order valence-electron chi connectivity index (χ0n) is 17.8. The number of nitrogens with zero attached hydrogens (tertiary/aromatic N) is 1. The van der Waals surface area contributed by atoms with Gasteiger partial charge in [0.2, 0.25) is 5.91 Å². The lowest BCUT2D eigenvalue weighted by Gasteiger charge is -2.28. The molecule has 0 saturated carbocycles. The van der Waals surface area contributed by atoms with Crippen LogP contribution in [0.25, 0.3) is 0 Å². The second-order valence-electron chi connectivity index (χ2n) is 8.20. The smallest absolute Gasteiger partial charge is 0.262 e. The van der Waals surface area contributed by atoms with Crippen LogP contribution in [0.3, 0.4) is 0 Å². The lowest BCUT2D eigenvalue weighted by Crippen LogP contribution is -2.50. The van der Waals surface area contributed by atoms with Crippen molar-refractivity contribution in [3.8, 4) is 0 Å². The van der Waals surface area contributed by atoms with Crippen LogP contribution >= 0.6 is 11.3 Å². The average Bonchev–Trinajstić information content (AvgIpc) is 3.24. The molecule has 1 aromatic carbocycles. The molecule has 4 rings (SSSR count). The topological polar surface area (TPSA) is 95.6 Å². The second-order valence-corrected chi connectivity index (χ2v) is 9.30. The van der Waals surface area contributed by atoms with Crippen molar-refractivity contribution in [3.63, 3.8) is 0 Å². The molecule has 1 aliphatic heterocycles. The van der Waals surface area contributed by atoms with Gasteiger partial charge in [0.1, 0.15) is 11.0 Å². The Bertz CT molecular complexity index is 1050. The molecular weight excluding hydrogens is 414 g/mol. The summed E-state index contributed by atoms with van der Waals surface area (Å²) >= 11 is 1.41. The Morgan fingerprint density at radius 1 is 1.03 bits per heavy atom. The van der Waals surface area contributed by atoms with E-state index in [1.54, 1.807) is 45.2 Å². The molecule has 4 amide bonds. The normalized spacial score (nSPS) is 16.2. The van der Waals surface area contributed by atoms with Gasteiger partial charge < -0.3 is 10.6 Å². The van der Waals surface area contributed by atoms with Gasteiger partial charge in [0.05, 0.1) is 16.7 Å². The van der Waals surface area contributed by atoms with Crippen molar-refractivity contribution in [2.45, 2.75) is 45.6 Å². The first kappa shape index (κ1) is 21.2. The molecule has 31 heavy (non-hydrogen) atoms. The molecule has 162 valence electrons. The third kappa shape index (κ3) is 3.54. The van der Waals surface area contributed by atoms with Gasteiger partial charge in [-0.2, -0.15) is 0 Å². The van der Waals surface area contributed by atoms with E-state index < -0.39 is 23.8 Å². The number of imide groups is 1. The van der Waals surface area contributed by atoms with Crippen LogP contribution in [0.4, 0.5) is 5.00 Å². The van der Waals surface area contributed by atoms with Crippen LogP contribution in [0.2, 0.25) is 0 Å². The Labute approximate surface area is 184 Å². The van der Waals surface area contributed by atoms with Crippen molar-refractivity contribution in [1.82, 2.24) is 10.2 Å². The van der Waals surface area contributed by atoms with E-state index in [-0.39, 0.29) is 11.8 Å². The molecule has 0 spiro atoms. The highest BCUT2D eigenvalue weighted by Crippen LogP contribution is 2.38. The first-order chi connectivity index (χ1) is 14.8. The predicted molar refractivity (Wildman–Crippen MR) is 119 cm³/mol. The van der Waals surface area contributed by atoms with Crippen LogP contribution in [0.1, 0.15) is 68.2 Å². The highest BCUT2D eigenvalue weighted by molar-refractivity contribution is 7.17. The highest BCUT2D eigenvalue weighted by Gasteiger charge is 2.44. The van der Waals surface area contributed by atoms with Crippen LogP contribution in [-0.4, -0.2) is 41.6 Å². The first-order valence-electron chi connectivity index (χ1n) is 10.5. The summed E-state index contributed by atoms with van der Waals surface area (Å²) in [5, 5.41) is 6.03. The lowest BCUT2D eigenvalue weighted by molar-refractivity contribution is -0.121. The zero-order valence-corrected chi connectivity index (χ0v) is 18.6. The van der Waals surface area contributed by atoms with Gasteiger partial charge in [-0.15, -0.1) is 11.3 Å². The maximum atomic E-state index is 13.4. The molecule has 1 aliphatic carbocycles. The summed E-state index contributed by atoms with van der Waals surface area (Å²) in [7, 11) is 1.57. The molecule has 0 radical (unpaired) electrons.